The summed E-state index contributed by atoms with van der Waals surface area (Å²) in [4.78, 5) is 18.8. The van der Waals surface area contributed by atoms with Gasteiger partial charge in [-0.3, -0.25) is 4.98 Å². The third-order valence-corrected chi connectivity index (χ3v) is 5.53. The molecule has 6 nitrogen and oxygen atoms in total. The number of carbonyl (C=O) groups is 1. The Morgan fingerprint density at radius 3 is 2.73 bits per heavy atom. The molecule has 1 saturated heterocycles. The summed E-state index contributed by atoms with van der Waals surface area (Å²) in [6.45, 7) is 2.92. The molecule has 0 radical (unpaired) electrons. The fourth-order valence-electron chi connectivity index (χ4n) is 3.84. The molecule has 0 spiro atoms. The summed E-state index contributed by atoms with van der Waals surface area (Å²) in [5, 5.41) is 4.09. The third kappa shape index (κ3) is 3.68. The molecule has 1 aromatic carbocycles. The number of benzene rings is 1. The van der Waals surface area contributed by atoms with Crippen molar-refractivity contribution >= 4 is 23.3 Å². The van der Waals surface area contributed by atoms with E-state index in [1.54, 1.807) is 18.3 Å². The van der Waals surface area contributed by atoms with Gasteiger partial charge in [0.05, 0.1) is 24.4 Å². The third-order valence-electron chi connectivity index (χ3n) is 5.18. The fraction of sp³-hybridized carbons (Fsp3) is 0.261. The number of nitrogens with zero attached hydrogens (tertiary/aromatic N) is 2. The molecule has 1 fully saturated rings. The van der Waals surface area contributed by atoms with Crippen molar-refractivity contribution in [2.45, 2.75) is 25.4 Å². The number of methoxy groups -OCH3 is 1. The van der Waals surface area contributed by atoms with Crippen LogP contribution in [-0.2, 0) is 4.74 Å². The molecular formula is C23H23N3O3S. The molecule has 0 unspecified atom stereocenters. The highest BCUT2D eigenvalue weighted by molar-refractivity contribution is 7.80. The molecule has 3 heterocycles. The van der Waals surface area contributed by atoms with E-state index in [0.29, 0.717) is 22.0 Å². The average molecular weight is 422 g/mol. The van der Waals surface area contributed by atoms with Crippen LogP contribution < -0.4 is 5.32 Å². The Labute approximate surface area is 180 Å². The topological polar surface area (TPSA) is 67.6 Å². The van der Waals surface area contributed by atoms with Gasteiger partial charge in [0.25, 0.3) is 0 Å². The van der Waals surface area contributed by atoms with Crippen molar-refractivity contribution in [1.29, 1.82) is 0 Å². The maximum atomic E-state index is 12.2. The first kappa shape index (κ1) is 20.1. The quantitative estimate of drug-likeness (QED) is 0.464. The van der Waals surface area contributed by atoms with Crippen LogP contribution in [0.25, 0.3) is 11.3 Å². The van der Waals surface area contributed by atoms with Crippen molar-refractivity contribution in [1.82, 2.24) is 15.2 Å². The highest BCUT2D eigenvalue weighted by atomic mass is 32.1. The highest BCUT2D eigenvalue weighted by Crippen LogP contribution is 2.40. The normalized spacial score (nSPS) is 18.3. The SMILES string of the molecule is CCCN1C(=S)N[C@@H](c2ccccn2)[C@H]1c1ccc(-c2ccccc2C(=O)OC)o1. The van der Waals surface area contributed by atoms with Crippen molar-refractivity contribution < 1.29 is 13.9 Å². The summed E-state index contributed by atoms with van der Waals surface area (Å²) >= 11 is 5.62. The molecule has 30 heavy (non-hydrogen) atoms. The van der Waals surface area contributed by atoms with Crippen molar-refractivity contribution in [2.24, 2.45) is 0 Å². The molecule has 0 saturated carbocycles. The molecule has 2 aromatic heterocycles. The molecule has 4 rings (SSSR count). The van der Waals surface area contributed by atoms with Gasteiger partial charge >= 0.3 is 5.97 Å². The molecule has 0 amide bonds. The van der Waals surface area contributed by atoms with Crippen LogP contribution in [0.1, 0.15) is 47.2 Å². The number of pyridine rings is 1. The van der Waals surface area contributed by atoms with Crippen LogP contribution in [-0.4, -0.2) is 34.6 Å². The van der Waals surface area contributed by atoms with Crippen molar-refractivity contribution in [2.75, 3.05) is 13.7 Å². The van der Waals surface area contributed by atoms with E-state index in [1.165, 1.54) is 7.11 Å². The number of esters is 1. The molecule has 0 bridgehead atoms. The highest BCUT2D eigenvalue weighted by Gasteiger charge is 2.41. The largest absolute Gasteiger partial charge is 0.465 e. The van der Waals surface area contributed by atoms with Gasteiger partial charge in [0.1, 0.15) is 17.6 Å². The number of carbonyl (C=O) groups excluding carboxylic acids is 1. The summed E-state index contributed by atoms with van der Waals surface area (Å²) in [7, 11) is 1.37. The van der Waals surface area contributed by atoms with Crippen LogP contribution in [0.5, 0.6) is 0 Å². The summed E-state index contributed by atoms with van der Waals surface area (Å²) < 4.78 is 11.2. The van der Waals surface area contributed by atoms with E-state index in [1.807, 2.05) is 42.5 Å². The smallest absolute Gasteiger partial charge is 0.338 e. The van der Waals surface area contributed by atoms with Gasteiger partial charge in [0, 0.05) is 18.3 Å². The standard InChI is InChI=1S/C23H23N3O3S/c1-3-14-26-21(20(25-23(26)30)17-10-6-7-13-24-17)19-12-11-18(29-19)15-8-4-5-9-16(15)22(27)28-2/h4-13,20-21H,3,14H2,1-2H3,(H,25,30)/t20-,21+/m0/s1. The van der Waals surface area contributed by atoms with E-state index in [0.717, 1.165) is 24.4 Å². The van der Waals surface area contributed by atoms with Crippen LogP contribution in [0.3, 0.4) is 0 Å². The Balaban J connectivity index is 1.74. The molecule has 3 aromatic rings. The molecule has 1 aliphatic rings. The number of furan rings is 1. The first-order valence-electron chi connectivity index (χ1n) is 9.89. The summed E-state index contributed by atoms with van der Waals surface area (Å²) in [5.41, 5.74) is 2.06. The number of hydrogen-bond donors (Lipinski definition) is 1. The Kier molecular flexibility index (Phi) is 5.81. The second kappa shape index (κ2) is 8.67. The van der Waals surface area contributed by atoms with Crippen LogP contribution in [0.15, 0.2) is 65.2 Å². The van der Waals surface area contributed by atoms with Gasteiger partial charge in [-0.2, -0.15) is 0 Å². The lowest BCUT2D eigenvalue weighted by atomic mass is 10.0. The molecular weight excluding hydrogens is 398 g/mol. The van der Waals surface area contributed by atoms with Crippen molar-refractivity contribution in [3.05, 3.63) is 77.8 Å². The van der Waals surface area contributed by atoms with Crippen LogP contribution >= 0.6 is 12.2 Å². The lowest BCUT2D eigenvalue weighted by Crippen LogP contribution is -2.30. The van der Waals surface area contributed by atoms with Crippen LogP contribution in [0.2, 0.25) is 0 Å². The monoisotopic (exact) mass is 421 g/mol. The lowest BCUT2D eigenvalue weighted by Gasteiger charge is -2.25. The predicted molar refractivity (Wildman–Crippen MR) is 118 cm³/mol. The van der Waals surface area contributed by atoms with E-state index in [2.05, 4.69) is 22.1 Å². The first-order chi connectivity index (χ1) is 14.6. The second-order valence-corrected chi connectivity index (χ2v) is 7.45. The Morgan fingerprint density at radius 2 is 2.00 bits per heavy atom. The average Bonchev–Trinajstić information content (AvgIpc) is 3.39. The van der Waals surface area contributed by atoms with E-state index < -0.39 is 5.97 Å². The Morgan fingerprint density at radius 1 is 1.20 bits per heavy atom. The predicted octanol–water partition coefficient (Wildman–Crippen LogP) is 4.51. The minimum Gasteiger partial charge on any atom is -0.465 e. The van der Waals surface area contributed by atoms with Gasteiger partial charge in [0.15, 0.2) is 5.11 Å². The van der Waals surface area contributed by atoms with Gasteiger partial charge in [-0.1, -0.05) is 31.2 Å². The Bertz CT molecular complexity index is 1050. The van der Waals surface area contributed by atoms with Gasteiger partial charge in [-0.05, 0) is 49.0 Å². The molecule has 2 atom stereocenters. The van der Waals surface area contributed by atoms with Crippen molar-refractivity contribution in [3.63, 3.8) is 0 Å². The van der Waals surface area contributed by atoms with E-state index in [9.17, 15) is 4.79 Å². The number of nitrogens with one attached hydrogen (secondary N) is 1. The number of ether oxygens (including phenoxy) is 1. The minimum absolute atomic E-state index is 0.125. The summed E-state index contributed by atoms with van der Waals surface area (Å²) in [5.74, 6) is 0.979. The Hall–Kier alpha value is -3.19. The molecule has 1 aliphatic heterocycles. The maximum absolute atomic E-state index is 12.2. The number of aromatic nitrogens is 1. The van der Waals surface area contributed by atoms with E-state index in [-0.39, 0.29) is 12.1 Å². The zero-order valence-electron chi connectivity index (χ0n) is 16.9. The van der Waals surface area contributed by atoms with Crippen molar-refractivity contribution in [3.8, 4) is 11.3 Å². The van der Waals surface area contributed by atoms with Gasteiger partial charge in [-0.15, -0.1) is 0 Å². The molecule has 154 valence electrons. The van der Waals surface area contributed by atoms with E-state index in [4.69, 9.17) is 21.4 Å². The first-order valence-corrected chi connectivity index (χ1v) is 10.3. The minimum atomic E-state index is -0.397. The van der Waals surface area contributed by atoms with Gasteiger partial charge < -0.3 is 19.4 Å². The number of rotatable bonds is 6. The van der Waals surface area contributed by atoms with Gasteiger partial charge in [-0.25, -0.2) is 4.79 Å². The zero-order chi connectivity index (χ0) is 21.1. The number of thiocarbonyl (C=S) groups is 1. The molecule has 7 heteroatoms. The van der Waals surface area contributed by atoms with E-state index >= 15 is 0 Å². The van der Waals surface area contributed by atoms with Gasteiger partial charge in [0.2, 0.25) is 0 Å². The molecule has 1 N–H and O–H groups in total. The number of hydrogen-bond acceptors (Lipinski definition) is 5. The lowest BCUT2D eigenvalue weighted by molar-refractivity contribution is 0.0601. The zero-order valence-corrected chi connectivity index (χ0v) is 17.7. The van der Waals surface area contributed by atoms with Crippen LogP contribution in [0.4, 0.5) is 0 Å². The molecule has 0 aliphatic carbocycles. The maximum Gasteiger partial charge on any atom is 0.338 e. The second-order valence-electron chi connectivity index (χ2n) is 7.06. The van der Waals surface area contributed by atoms with Crippen LogP contribution in [0, 0.1) is 0 Å². The summed E-state index contributed by atoms with van der Waals surface area (Å²) in [6.07, 6.45) is 2.73. The summed E-state index contributed by atoms with van der Waals surface area (Å²) in [6, 6.07) is 16.7. The fourth-order valence-corrected chi connectivity index (χ4v) is 4.17.